The van der Waals surface area contributed by atoms with Crippen LogP contribution in [0.15, 0.2) is 0 Å². The van der Waals surface area contributed by atoms with Gasteiger partial charge in [0.1, 0.15) is 0 Å². The van der Waals surface area contributed by atoms with Crippen LogP contribution >= 0.6 is 0 Å². The van der Waals surface area contributed by atoms with Gasteiger partial charge in [0.15, 0.2) is 0 Å². The molecule has 1 saturated heterocycles. The van der Waals surface area contributed by atoms with Crippen LogP contribution in [0.25, 0.3) is 0 Å². The number of carbonyl (C=O) groups excluding carboxylic acids is 1. The molecule has 1 atom stereocenters. The highest BCUT2D eigenvalue weighted by Gasteiger charge is 2.34. The quantitative estimate of drug-likeness (QED) is 0.723. The molecule has 0 spiro atoms. The van der Waals surface area contributed by atoms with Crippen LogP contribution in [0.4, 0.5) is 4.79 Å². The first-order chi connectivity index (χ1) is 6.62. The molecule has 0 bridgehead atoms. The van der Waals surface area contributed by atoms with E-state index in [1.165, 1.54) is 0 Å². The third-order valence-corrected chi connectivity index (χ3v) is 3.13. The summed E-state index contributed by atoms with van der Waals surface area (Å²) in [6, 6.07) is -0.251. The van der Waals surface area contributed by atoms with E-state index in [2.05, 4.69) is 19.2 Å². The molecular weight excluding hydrogens is 180 g/mol. The molecule has 0 saturated carbocycles. The van der Waals surface area contributed by atoms with Crippen LogP contribution in [0, 0.1) is 0 Å². The molecule has 2 amide bonds. The van der Waals surface area contributed by atoms with Gasteiger partial charge < -0.3 is 15.8 Å². The molecule has 0 aromatic rings. The van der Waals surface area contributed by atoms with Crippen LogP contribution in [0.1, 0.15) is 39.5 Å². The molecule has 0 aromatic heterocycles. The Labute approximate surface area is 85.2 Å². The van der Waals surface area contributed by atoms with Crippen molar-refractivity contribution in [2.45, 2.75) is 51.2 Å². The lowest BCUT2D eigenvalue weighted by atomic mass is 9.86. The number of hydrogen-bond acceptors (Lipinski definition) is 2. The lowest BCUT2D eigenvalue weighted by Gasteiger charge is -2.40. The zero-order chi connectivity index (χ0) is 10.6. The minimum absolute atomic E-state index is 0.0502. The highest BCUT2D eigenvalue weighted by molar-refractivity contribution is 5.71. The average Bonchev–Trinajstić information content (AvgIpc) is 2.17. The van der Waals surface area contributed by atoms with Gasteiger partial charge in [0.05, 0.1) is 5.60 Å². The Hall–Kier alpha value is -0.770. The van der Waals surface area contributed by atoms with Gasteiger partial charge in [0.25, 0.3) is 0 Å². The van der Waals surface area contributed by atoms with Crippen molar-refractivity contribution in [3.05, 3.63) is 0 Å². The Kier molecular flexibility index (Phi) is 3.75. The molecule has 4 heteroatoms. The lowest BCUT2D eigenvalue weighted by molar-refractivity contribution is -0.0914. The molecule has 0 radical (unpaired) electrons. The topological polar surface area (TPSA) is 64.3 Å². The summed E-state index contributed by atoms with van der Waals surface area (Å²) >= 11 is 0. The van der Waals surface area contributed by atoms with Crippen LogP contribution in [0.3, 0.4) is 0 Å². The van der Waals surface area contributed by atoms with Crippen molar-refractivity contribution in [2.24, 2.45) is 5.73 Å². The zero-order valence-corrected chi connectivity index (χ0v) is 9.01. The average molecular weight is 200 g/mol. The molecule has 1 unspecified atom stereocenters. The molecule has 1 aliphatic heterocycles. The molecule has 82 valence electrons. The number of nitrogens with one attached hydrogen (secondary N) is 1. The van der Waals surface area contributed by atoms with Gasteiger partial charge in [-0.05, 0) is 25.7 Å². The molecule has 0 aromatic carbocycles. The number of ether oxygens (including phenoxy) is 1. The van der Waals surface area contributed by atoms with Gasteiger partial charge >= 0.3 is 6.03 Å². The standard InChI is InChI=1S/C10H20N2O2/c1-3-10(4-2)7-8(5-6-14-10)12-9(11)13/h8H,3-7H2,1-2H3,(H3,11,12,13). The minimum atomic E-state index is -0.432. The number of primary amides is 1. The van der Waals surface area contributed by atoms with Crippen LogP contribution < -0.4 is 11.1 Å². The van der Waals surface area contributed by atoms with Crippen molar-refractivity contribution in [2.75, 3.05) is 6.61 Å². The van der Waals surface area contributed by atoms with Gasteiger partial charge in [0.2, 0.25) is 0 Å². The maximum atomic E-state index is 10.7. The summed E-state index contributed by atoms with van der Waals surface area (Å²) < 4.78 is 5.78. The Balaban J connectivity index is 2.53. The molecule has 0 aliphatic carbocycles. The second-order valence-electron chi connectivity index (χ2n) is 3.94. The van der Waals surface area contributed by atoms with E-state index < -0.39 is 6.03 Å². The fourth-order valence-corrected chi connectivity index (χ4v) is 2.09. The normalized spacial score (nSPS) is 25.7. The summed E-state index contributed by atoms with van der Waals surface area (Å²) in [6.07, 6.45) is 3.72. The van der Waals surface area contributed by atoms with Crippen LogP contribution in [-0.2, 0) is 4.74 Å². The highest BCUT2D eigenvalue weighted by atomic mass is 16.5. The zero-order valence-electron chi connectivity index (χ0n) is 9.01. The Morgan fingerprint density at radius 1 is 1.57 bits per heavy atom. The molecular formula is C10H20N2O2. The first-order valence-electron chi connectivity index (χ1n) is 5.32. The molecule has 3 N–H and O–H groups in total. The first kappa shape index (κ1) is 11.3. The van der Waals surface area contributed by atoms with Gasteiger partial charge in [0, 0.05) is 12.6 Å². The molecule has 1 heterocycles. The van der Waals surface area contributed by atoms with Crippen molar-refractivity contribution in [1.29, 1.82) is 0 Å². The Bertz CT molecular complexity index is 202. The molecule has 1 aliphatic rings. The maximum Gasteiger partial charge on any atom is 0.312 e. The number of carbonyl (C=O) groups is 1. The summed E-state index contributed by atoms with van der Waals surface area (Å²) in [4.78, 5) is 10.7. The van der Waals surface area contributed by atoms with E-state index in [9.17, 15) is 4.79 Å². The molecule has 14 heavy (non-hydrogen) atoms. The first-order valence-corrected chi connectivity index (χ1v) is 5.32. The Morgan fingerprint density at radius 2 is 2.21 bits per heavy atom. The predicted octanol–water partition coefficient (Wildman–Crippen LogP) is 1.39. The van der Waals surface area contributed by atoms with E-state index in [0.29, 0.717) is 6.61 Å². The van der Waals surface area contributed by atoms with Gasteiger partial charge in [-0.15, -0.1) is 0 Å². The summed E-state index contributed by atoms with van der Waals surface area (Å²) in [6.45, 7) is 4.96. The second-order valence-corrected chi connectivity index (χ2v) is 3.94. The third-order valence-electron chi connectivity index (χ3n) is 3.13. The van der Waals surface area contributed by atoms with Crippen LogP contribution in [0.5, 0.6) is 0 Å². The number of hydrogen-bond donors (Lipinski definition) is 2. The largest absolute Gasteiger partial charge is 0.375 e. The summed E-state index contributed by atoms with van der Waals surface area (Å²) in [7, 11) is 0. The summed E-state index contributed by atoms with van der Waals surface area (Å²) in [5.41, 5.74) is 5.05. The van der Waals surface area contributed by atoms with Gasteiger partial charge in [-0.25, -0.2) is 4.79 Å². The van der Waals surface area contributed by atoms with Crippen LogP contribution in [0.2, 0.25) is 0 Å². The van der Waals surface area contributed by atoms with Crippen molar-refractivity contribution in [3.63, 3.8) is 0 Å². The fourth-order valence-electron chi connectivity index (χ4n) is 2.09. The number of amides is 2. The second kappa shape index (κ2) is 4.64. The SMILES string of the molecule is CCC1(CC)CC(NC(N)=O)CCO1. The molecule has 4 nitrogen and oxygen atoms in total. The summed E-state index contributed by atoms with van der Waals surface area (Å²) in [5.74, 6) is 0. The van der Waals surface area contributed by atoms with E-state index >= 15 is 0 Å². The van der Waals surface area contributed by atoms with Crippen molar-refractivity contribution in [1.82, 2.24) is 5.32 Å². The van der Waals surface area contributed by atoms with E-state index in [4.69, 9.17) is 10.5 Å². The van der Waals surface area contributed by atoms with Gasteiger partial charge in [-0.2, -0.15) is 0 Å². The molecule has 1 rings (SSSR count). The Morgan fingerprint density at radius 3 is 2.71 bits per heavy atom. The highest BCUT2D eigenvalue weighted by Crippen LogP contribution is 2.31. The van der Waals surface area contributed by atoms with Crippen molar-refractivity contribution >= 4 is 6.03 Å². The predicted molar refractivity (Wildman–Crippen MR) is 55.0 cm³/mol. The fraction of sp³-hybridized carbons (Fsp3) is 0.900. The third kappa shape index (κ3) is 2.61. The van der Waals surface area contributed by atoms with Crippen LogP contribution in [-0.4, -0.2) is 24.3 Å². The van der Waals surface area contributed by atoms with E-state index in [0.717, 1.165) is 25.7 Å². The van der Waals surface area contributed by atoms with E-state index in [1.54, 1.807) is 0 Å². The molecule has 1 fully saturated rings. The lowest BCUT2D eigenvalue weighted by Crippen LogP contribution is -2.49. The smallest absolute Gasteiger partial charge is 0.312 e. The minimum Gasteiger partial charge on any atom is -0.375 e. The number of urea groups is 1. The monoisotopic (exact) mass is 200 g/mol. The van der Waals surface area contributed by atoms with E-state index in [1.807, 2.05) is 0 Å². The van der Waals surface area contributed by atoms with Crippen molar-refractivity contribution < 1.29 is 9.53 Å². The number of nitrogens with two attached hydrogens (primary N) is 1. The maximum absolute atomic E-state index is 10.7. The number of rotatable bonds is 3. The van der Waals surface area contributed by atoms with Gasteiger partial charge in [-0.1, -0.05) is 13.8 Å². The summed E-state index contributed by atoms with van der Waals surface area (Å²) in [5, 5.41) is 2.76. The van der Waals surface area contributed by atoms with Gasteiger partial charge in [-0.3, -0.25) is 0 Å². The van der Waals surface area contributed by atoms with E-state index in [-0.39, 0.29) is 11.6 Å². The van der Waals surface area contributed by atoms with Crippen molar-refractivity contribution in [3.8, 4) is 0 Å².